The standard InChI is InChI=1S/C21H15NO4S/c1-13-5-4-6-14(11-13)22-27(25,26)15-9-10-18-19(12-15)21(24)17-8-3-2-7-16(17)20(18)23/h2-12,22H,1H3. The number of carbonyl (C=O) groups excluding carboxylic acids is 2. The Hall–Kier alpha value is -3.25. The van der Waals surface area contributed by atoms with Gasteiger partial charge in [-0.1, -0.05) is 36.4 Å². The van der Waals surface area contributed by atoms with Gasteiger partial charge in [0, 0.05) is 27.9 Å². The van der Waals surface area contributed by atoms with Crippen molar-refractivity contribution < 1.29 is 18.0 Å². The maximum absolute atomic E-state index is 12.8. The monoisotopic (exact) mass is 377 g/mol. The first-order valence-electron chi connectivity index (χ1n) is 8.29. The maximum atomic E-state index is 12.8. The molecule has 0 amide bonds. The quantitative estimate of drug-likeness (QED) is 0.592. The van der Waals surface area contributed by atoms with Crippen molar-refractivity contribution in [2.75, 3.05) is 4.72 Å². The number of fused-ring (bicyclic) bond motifs is 2. The lowest BCUT2D eigenvalue weighted by atomic mass is 9.84. The minimum atomic E-state index is -3.90. The number of anilines is 1. The number of carbonyl (C=O) groups is 2. The molecule has 0 unspecified atom stereocenters. The third-order valence-corrected chi connectivity index (χ3v) is 5.86. The van der Waals surface area contributed by atoms with Crippen molar-refractivity contribution in [3.8, 4) is 0 Å². The van der Waals surface area contributed by atoms with Gasteiger partial charge in [0.2, 0.25) is 0 Å². The summed E-state index contributed by atoms with van der Waals surface area (Å²) in [4.78, 5) is 25.3. The van der Waals surface area contributed by atoms with Gasteiger partial charge in [-0.15, -0.1) is 0 Å². The summed E-state index contributed by atoms with van der Waals surface area (Å²) >= 11 is 0. The molecule has 0 radical (unpaired) electrons. The normalized spacial score (nSPS) is 13.1. The third-order valence-electron chi connectivity index (χ3n) is 4.48. The summed E-state index contributed by atoms with van der Waals surface area (Å²) in [5, 5.41) is 0. The van der Waals surface area contributed by atoms with Crippen LogP contribution in [0.3, 0.4) is 0 Å². The van der Waals surface area contributed by atoms with Crippen molar-refractivity contribution in [2.24, 2.45) is 0 Å². The molecule has 5 nitrogen and oxygen atoms in total. The lowest BCUT2D eigenvalue weighted by molar-refractivity contribution is 0.0979. The van der Waals surface area contributed by atoms with E-state index >= 15 is 0 Å². The molecule has 0 saturated heterocycles. The van der Waals surface area contributed by atoms with Gasteiger partial charge in [-0.05, 0) is 42.8 Å². The van der Waals surface area contributed by atoms with E-state index < -0.39 is 10.0 Å². The molecule has 0 aromatic heterocycles. The van der Waals surface area contributed by atoms with Gasteiger partial charge in [-0.3, -0.25) is 14.3 Å². The molecular weight excluding hydrogens is 362 g/mol. The first-order valence-corrected chi connectivity index (χ1v) is 9.77. The van der Waals surface area contributed by atoms with Gasteiger partial charge < -0.3 is 0 Å². The van der Waals surface area contributed by atoms with E-state index in [1.165, 1.54) is 18.2 Å². The zero-order chi connectivity index (χ0) is 19.2. The highest BCUT2D eigenvalue weighted by molar-refractivity contribution is 7.92. The summed E-state index contributed by atoms with van der Waals surface area (Å²) in [5.41, 5.74) is 2.29. The van der Waals surface area contributed by atoms with Gasteiger partial charge in [0.1, 0.15) is 0 Å². The Kier molecular flexibility index (Phi) is 3.93. The fourth-order valence-electron chi connectivity index (χ4n) is 3.17. The highest BCUT2D eigenvalue weighted by atomic mass is 32.2. The zero-order valence-corrected chi connectivity index (χ0v) is 15.2. The van der Waals surface area contributed by atoms with E-state index in [1.807, 2.05) is 13.0 Å². The van der Waals surface area contributed by atoms with Crippen molar-refractivity contribution in [3.05, 3.63) is 94.5 Å². The molecule has 0 spiro atoms. The number of sulfonamides is 1. The Morgan fingerprint density at radius 2 is 1.33 bits per heavy atom. The summed E-state index contributed by atoms with van der Waals surface area (Å²) < 4.78 is 28.0. The topological polar surface area (TPSA) is 80.3 Å². The predicted molar refractivity (Wildman–Crippen MR) is 102 cm³/mol. The Balaban J connectivity index is 1.77. The van der Waals surface area contributed by atoms with E-state index in [9.17, 15) is 18.0 Å². The average Bonchev–Trinajstić information content (AvgIpc) is 2.65. The van der Waals surface area contributed by atoms with Crippen LogP contribution < -0.4 is 4.72 Å². The first kappa shape index (κ1) is 17.2. The van der Waals surface area contributed by atoms with Crippen molar-refractivity contribution in [2.45, 2.75) is 11.8 Å². The van der Waals surface area contributed by atoms with E-state index in [0.29, 0.717) is 11.3 Å². The van der Waals surface area contributed by atoms with Gasteiger partial charge in [0.05, 0.1) is 4.90 Å². The first-order chi connectivity index (χ1) is 12.9. The van der Waals surface area contributed by atoms with Crippen LogP contribution in [-0.4, -0.2) is 20.0 Å². The fourth-order valence-corrected chi connectivity index (χ4v) is 4.24. The van der Waals surface area contributed by atoms with Gasteiger partial charge in [0.25, 0.3) is 10.0 Å². The molecule has 3 aromatic carbocycles. The molecule has 0 heterocycles. The SMILES string of the molecule is Cc1cccc(NS(=O)(=O)c2ccc3c(c2)C(=O)c2ccccc2C3=O)c1. The summed E-state index contributed by atoms with van der Waals surface area (Å²) in [6.07, 6.45) is 0. The largest absolute Gasteiger partial charge is 0.289 e. The van der Waals surface area contributed by atoms with Crippen molar-refractivity contribution in [3.63, 3.8) is 0 Å². The van der Waals surface area contributed by atoms with Crippen LogP contribution in [0.2, 0.25) is 0 Å². The minimum absolute atomic E-state index is 0.0664. The smallest absolute Gasteiger partial charge is 0.261 e. The van der Waals surface area contributed by atoms with Crippen LogP contribution in [0.5, 0.6) is 0 Å². The average molecular weight is 377 g/mol. The van der Waals surface area contributed by atoms with E-state index in [1.54, 1.807) is 42.5 Å². The molecule has 1 aliphatic carbocycles. The molecule has 0 atom stereocenters. The predicted octanol–water partition coefficient (Wildman–Crippen LogP) is 3.57. The highest BCUT2D eigenvalue weighted by Crippen LogP contribution is 2.29. The van der Waals surface area contributed by atoms with Crippen LogP contribution in [0.1, 0.15) is 37.4 Å². The zero-order valence-electron chi connectivity index (χ0n) is 14.4. The Morgan fingerprint density at radius 1 is 0.704 bits per heavy atom. The second kappa shape index (κ2) is 6.17. The molecule has 0 saturated carbocycles. The lowest BCUT2D eigenvalue weighted by Gasteiger charge is -2.18. The number of aryl methyl sites for hydroxylation is 1. The molecule has 134 valence electrons. The molecule has 6 heteroatoms. The fraction of sp³-hybridized carbons (Fsp3) is 0.0476. The third kappa shape index (κ3) is 2.94. The molecule has 0 bridgehead atoms. The van der Waals surface area contributed by atoms with E-state index in [-0.39, 0.29) is 33.2 Å². The number of benzene rings is 3. The number of rotatable bonds is 3. The maximum Gasteiger partial charge on any atom is 0.261 e. The molecular formula is C21H15NO4S. The molecule has 3 aromatic rings. The van der Waals surface area contributed by atoms with Gasteiger partial charge in [0.15, 0.2) is 11.6 Å². The number of nitrogens with one attached hydrogen (secondary N) is 1. The van der Waals surface area contributed by atoms with E-state index in [0.717, 1.165) is 5.56 Å². The highest BCUT2D eigenvalue weighted by Gasteiger charge is 2.30. The van der Waals surface area contributed by atoms with E-state index in [4.69, 9.17) is 0 Å². The summed E-state index contributed by atoms with van der Waals surface area (Å²) in [5.74, 6) is -0.636. The van der Waals surface area contributed by atoms with Crippen molar-refractivity contribution in [1.29, 1.82) is 0 Å². The van der Waals surface area contributed by atoms with Gasteiger partial charge in [-0.25, -0.2) is 8.42 Å². The molecule has 4 rings (SSSR count). The number of hydrogen-bond donors (Lipinski definition) is 1. The van der Waals surface area contributed by atoms with Crippen LogP contribution in [0.4, 0.5) is 5.69 Å². The molecule has 0 aliphatic heterocycles. The summed E-state index contributed by atoms with van der Waals surface area (Å²) in [6, 6.07) is 17.5. The van der Waals surface area contributed by atoms with Crippen LogP contribution in [-0.2, 0) is 10.0 Å². The second-order valence-corrected chi connectivity index (χ2v) is 8.07. The van der Waals surface area contributed by atoms with Gasteiger partial charge >= 0.3 is 0 Å². The number of ketones is 2. The van der Waals surface area contributed by atoms with Crippen molar-refractivity contribution in [1.82, 2.24) is 0 Å². The second-order valence-electron chi connectivity index (χ2n) is 6.39. The Bertz CT molecular complexity index is 1210. The molecule has 1 N–H and O–H groups in total. The van der Waals surface area contributed by atoms with Crippen LogP contribution in [0.25, 0.3) is 0 Å². The molecule has 0 fully saturated rings. The Labute approximate surface area is 156 Å². The van der Waals surface area contributed by atoms with Crippen LogP contribution in [0, 0.1) is 6.92 Å². The lowest BCUT2D eigenvalue weighted by Crippen LogP contribution is -2.22. The summed E-state index contributed by atoms with van der Waals surface area (Å²) in [7, 11) is -3.90. The molecule has 1 aliphatic rings. The minimum Gasteiger partial charge on any atom is -0.289 e. The summed E-state index contributed by atoms with van der Waals surface area (Å²) in [6.45, 7) is 1.86. The Morgan fingerprint density at radius 3 is 2.00 bits per heavy atom. The van der Waals surface area contributed by atoms with Crippen molar-refractivity contribution >= 4 is 27.3 Å². The molecule has 27 heavy (non-hydrogen) atoms. The van der Waals surface area contributed by atoms with Crippen LogP contribution >= 0.6 is 0 Å². The van der Waals surface area contributed by atoms with E-state index in [2.05, 4.69) is 4.72 Å². The van der Waals surface area contributed by atoms with Gasteiger partial charge in [-0.2, -0.15) is 0 Å². The van der Waals surface area contributed by atoms with Crippen LogP contribution in [0.15, 0.2) is 71.6 Å². The number of hydrogen-bond acceptors (Lipinski definition) is 4.